The monoisotopic (exact) mass is 176 g/mol. The van der Waals surface area contributed by atoms with Crippen LogP contribution in [0.2, 0.25) is 0 Å². The van der Waals surface area contributed by atoms with Gasteiger partial charge in [0.05, 0.1) is 12.5 Å². The Morgan fingerprint density at radius 3 is 2.77 bits per heavy atom. The number of fused-ring (bicyclic) bond motifs is 3. The molecule has 0 radical (unpaired) electrons. The molecule has 68 valence electrons. The van der Waals surface area contributed by atoms with Gasteiger partial charge in [0.2, 0.25) is 0 Å². The van der Waals surface area contributed by atoms with Gasteiger partial charge < -0.3 is 4.74 Å². The number of allylic oxidation sites excluding steroid dienone is 2. The van der Waals surface area contributed by atoms with Crippen LogP contribution in [0.1, 0.15) is 12.8 Å². The highest BCUT2D eigenvalue weighted by Gasteiger charge is 2.70. The molecule has 3 fully saturated rings. The number of carbonyl (C=O) groups is 1. The first kappa shape index (κ1) is 6.63. The predicted octanol–water partition coefficient (Wildman–Crippen LogP) is 1.37. The molecule has 2 saturated carbocycles. The van der Waals surface area contributed by atoms with Crippen LogP contribution in [-0.4, -0.2) is 12.6 Å². The molecule has 3 aliphatic carbocycles. The third-order valence-electron chi connectivity index (χ3n) is 4.68. The maximum atomic E-state index is 11.5. The second-order valence-electron chi connectivity index (χ2n) is 4.99. The highest BCUT2D eigenvalue weighted by Crippen LogP contribution is 2.72. The number of hydrogen-bond donors (Lipinski definition) is 0. The van der Waals surface area contributed by atoms with Crippen molar-refractivity contribution < 1.29 is 9.53 Å². The molecule has 4 rings (SSSR count). The van der Waals surface area contributed by atoms with Gasteiger partial charge in [0.1, 0.15) is 0 Å². The van der Waals surface area contributed by atoms with Gasteiger partial charge in [0.15, 0.2) is 0 Å². The standard InChI is InChI=1S/C11H12O2/c12-10-9-6(5-13-10)7-1-2-8(9)11(7)3-4-11/h1-2,6-9H,3-5H2/t6-,7+,8-,9-/m1/s1. The Labute approximate surface area is 77.0 Å². The molecule has 1 heterocycles. The minimum absolute atomic E-state index is 0.0770. The Bertz CT molecular complexity index is 327. The normalized spacial score (nSPS) is 52.8. The molecule has 4 atom stereocenters. The van der Waals surface area contributed by atoms with Gasteiger partial charge in [0.25, 0.3) is 0 Å². The van der Waals surface area contributed by atoms with Crippen LogP contribution in [0.25, 0.3) is 0 Å². The topological polar surface area (TPSA) is 26.3 Å². The third kappa shape index (κ3) is 0.534. The van der Waals surface area contributed by atoms with Crippen LogP contribution in [0.4, 0.5) is 0 Å². The number of ether oxygens (including phenoxy) is 1. The molecule has 1 aliphatic heterocycles. The molecule has 2 bridgehead atoms. The first-order valence-corrected chi connectivity index (χ1v) is 5.18. The molecule has 0 aromatic rings. The van der Waals surface area contributed by atoms with E-state index in [2.05, 4.69) is 12.2 Å². The quantitative estimate of drug-likeness (QED) is 0.411. The Hall–Kier alpha value is -0.790. The van der Waals surface area contributed by atoms with E-state index in [1.807, 2.05) is 0 Å². The van der Waals surface area contributed by atoms with E-state index in [4.69, 9.17) is 4.74 Å². The van der Waals surface area contributed by atoms with Crippen molar-refractivity contribution in [3.05, 3.63) is 12.2 Å². The summed E-state index contributed by atoms with van der Waals surface area (Å²) in [7, 11) is 0. The minimum Gasteiger partial charge on any atom is -0.465 e. The van der Waals surface area contributed by atoms with Crippen molar-refractivity contribution in [3.8, 4) is 0 Å². The average molecular weight is 176 g/mol. The summed E-state index contributed by atoms with van der Waals surface area (Å²) in [5.74, 6) is 2.06. The summed E-state index contributed by atoms with van der Waals surface area (Å²) in [6.07, 6.45) is 7.32. The summed E-state index contributed by atoms with van der Waals surface area (Å²) in [5.41, 5.74) is 0.536. The van der Waals surface area contributed by atoms with Gasteiger partial charge in [-0.05, 0) is 30.1 Å². The maximum Gasteiger partial charge on any atom is 0.310 e. The highest BCUT2D eigenvalue weighted by molar-refractivity contribution is 5.77. The predicted molar refractivity (Wildman–Crippen MR) is 45.7 cm³/mol. The van der Waals surface area contributed by atoms with Crippen molar-refractivity contribution in [2.75, 3.05) is 6.61 Å². The summed E-state index contributed by atoms with van der Waals surface area (Å²) in [5, 5.41) is 0. The van der Waals surface area contributed by atoms with Crippen LogP contribution in [0.5, 0.6) is 0 Å². The fraction of sp³-hybridized carbons (Fsp3) is 0.727. The minimum atomic E-state index is 0.0770. The molecule has 1 spiro atoms. The second-order valence-corrected chi connectivity index (χ2v) is 4.99. The lowest BCUT2D eigenvalue weighted by molar-refractivity contribution is -0.142. The highest BCUT2D eigenvalue weighted by atomic mass is 16.5. The van der Waals surface area contributed by atoms with Crippen molar-refractivity contribution in [1.82, 2.24) is 0 Å². The number of carbonyl (C=O) groups excluding carboxylic acids is 1. The van der Waals surface area contributed by atoms with Crippen LogP contribution in [0, 0.1) is 29.1 Å². The van der Waals surface area contributed by atoms with Crippen LogP contribution in [0.15, 0.2) is 12.2 Å². The van der Waals surface area contributed by atoms with Gasteiger partial charge in [-0.1, -0.05) is 12.2 Å². The average Bonchev–Trinajstić information content (AvgIpc) is 2.64. The largest absolute Gasteiger partial charge is 0.465 e. The van der Waals surface area contributed by atoms with Gasteiger partial charge in [-0.15, -0.1) is 0 Å². The van der Waals surface area contributed by atoms with E-state index in [0.29, 0.717) is 29.8 Å². The zero-order valence-electron chi connectivity index (χ0n) is 7.40. The van der Waals surface area contributed by atoms with E-state index in [9.17, 15) is 4.79 Å². The van der Waals surface area contributed by atoms with E-state index in [-0.39, 0.29) is 11.9 Å². The number of cyclic esters (lactones) is 1. The molecule has 2 heteroatoms. The van der Waals surface area contributed by atoms with Gasteiger partial charge in [-0.3, -0.25) is 4.79 Å². The van der Waals surface area contributed by atoms with Gasteiger partial charge in [-0.2, -0.15) is 0 Å². The van der Waals surface area contributed by atoms with E-state index >= 15 is 0 Å². The van der Waals surface area contributed by atoms with Crippen molar-refractivity contribution >= 4 is 5.97 Å². The third-order valence-corrected chi connectivity index (χ3v) is 4.68. The Morgan fingerprint density at radius 2 is 2.08 bits per heavy atom. The zero-order chi connectivity index (χ0) is 8.63. The molecular formula is C11H12O2. The van der Waals surface area contributed by atoms with Crippen molar-refractivity contribution in [2.45, 2.75) is 12.8 Å². The van der Waals surface area contributed by atoms with Crippen LogP contribution in [0.3, 0.4) is 0 Å². The van der Waals surface area contributed by atoms with Crippen LogP contribution >= 0.6 is 0 Å². The Kier molecular flexibility index (Phi) is 0.868. The smallest absolute Gasteiger partial charge is 0.310 e. The second kappa shape index (κ2) is 1.70. The molecule has 0 unspecified atom stereocenters. The van der Waals surface area contributed by atoms with Crippen molar-refractivity contribution in [3.63, 3.8) is 0 Å². The molecule has 0 aromatic carbocycles. The van der Waals surface area contributed by atoms with E-state index in [0.717, 1.165) is 0 Å². The Balaban J connectivity index is 1.86. The number of esters is 1. The molecular weight excluding hydrogens is 164 g/mol. The molecule has 0 N–H and O–H groups in total. The lowest BCUT2D eigenvalue weighted by Gasteiger charge is -2.15. The fourth-order valence-electron chi connectivity index (χ4n) is 4.00. The molecule has 13 heavy (non-hydrogen) atoms. The lowest BCUT2D eigenvalue weighted by atomic mass is 9.86. The Morgan fingerprint density at radius 1 is 1.31 bits per heavy atom. The summed E-state index contributed by atoms with van der Waals surface area (Å²) in [6, 6.07) is 0. The first-order chi connectivity index (χ1) is 6.33. The molecule has 1 saturated heterocycles. The van der Waals surface area contributed by atoms with Crippen LogP contribution in [-0.2, 0) is 9.53 Å². The first-order valence-electron chi connectivity index (χ1n) is 5.18. The molecule has 4 aliphatic rings. The summed E-state index contributed by atoms with van der Waals surface area (Å²) in [4.78, 5) is 11.5. The zero-order valence-corrected chi connectivity index (χ0v) is 7.40. The van der Waals surface area contributed by atoms with Gasteiger partial charge in [-0.25, -0.2) is 0 Å². The van der Waals surface area contributed by atoms with E-state index in [1.165, 1.54) is 12.8 Å². The fourth-order valence-corrected chi connectivity index (χ4v) is 4.00. The van der Waals surface area contributed by atoms with E-state index in [1.54, 1.807) is 0 Å². The van der Waals surface area contributed by atoms with Gasteiger partial charge in [0, 0.05) is 5.92 Å². The van der Waals surface area contributed by atoms with Crippen LogP contribution < -0.4 is 0 Å². The number of rotatable bonds is 0. The maximum absolute atomic E-state index is 11.5. The summed E-state index contributed by atoms with van der Waals surface area (Å²) < 4.78 is 5.14. The van der Waals surface area contributed by atoms with E-state index < -0.39 is 0 Å². The van der Waals surface area contributed by atoms with Crippen molar-refractivity contribution in [1.29, 1.82) is 0 Å². The molecule has 0 amide bonds. The lowest BCUT2D eigenvalue weighted by Crippen LogP contribution is -2.20. The number of hydrogen-bond acceptors (Lipinski definition) is 2. The summed E-state index contributed by atoms with van der Waals surface area (Å²) >= 11 is 0. The SMILES string of the molecule is O=C1OC[C@H]2[C@@H]1[C@H]1C=C[C@@H]2C12CC2. The summed E-state index contributed by atoms with van der Waals surface area (Å²) in [6.45, 7) is 0.691. The molecule has 0 aromatic heterocycles. The molecule has 2 nitrogen and oxygen atoms in total. The van der Waals surface area contributed by atoms with Crippen molar-refractivity contribution in [2.24, 2.45) is 29.1 Å². The van der Waals surface area contributed by atoms with Gasteiger partial charge >= 0.3 is 5.97 Å².